The molecule has 8 heteroatoms. The number of halogens is 1. The molecule has 0 fully saturated rings. The molecule has 6 nitrogen and oxygen atoms in total. The number of rotatable bonds is 4. The predicted molar refractivity (Wildman–Crippen MR) is 107 cm³/mol. The summed E-state index contributed by atoms with van der Waals surface area (Å²) in [5, 5.41) is 11.0. The molecule has 128 valence electrons. The van der Waals surface area contributed by atoms with Gasteiger partial charge in [0.05, 0.1) is 22.9 Å². The minimum absolute atomic E-state index is 0. The van der Waals surface area contributed by atoms with E-state index in [1.54, 1.807) is 18.4 Å². The van der Waals surface area contributed by atoms with Gasteiger partial charge >= 0.3 is 0 Å². The average molecular weight is 448 g/mol. The third kappa shape index (κ3) is 4.90. The van der Waals surface area contributed by atoms with Crippen molar-refractivity contribution >= 4 is 41.3 Å². The molecule has 0 aromatic carbocycles. The molecule has 0 radical (unpaired) electrons. The summed E-state index contributed by atoms with van der Waals surface area (Å²) in [6, 6.07) is 0. The summed E-state index contributed by atoms with van der Waals surface area (Å²) in [6.45, 7) is 7.61. The molecular weight excluding hydrogens is 423 g/mol. The zero-order chi connectivity index (χ0) is 16.3. The average Bonchev–Trinajstić information content (AvgIpc) is 2.97. The van der Waals surface area contributed by atoms with Gasteiger partial charge in [-0.15, -0.1) is 35.3 Å². The topological polar surface area (TPSA) is 58.3 Å². The molecule has 0 aliphatic rings. The minimum atomic E-state index is 0. The highest BCUT2D eigenvalue weighted by Gasteiger charge is 2.12. The molecular formula is C15H25IN6S. The molecule has 0 bridgehead atoms. The molecule has 0 aliphatic carbocycles. The van der Waals surface area contributed by atoms with Crippen molar-refractivity contribution in [3.05, 3.63) is 33.0 Å². The summed E-state index contributed by atoms with van der Waals surface area (Å²) < 4.78 is 1.91. The van der Waals surface area contributed by atoms with E-state index >= 15 is 0 Å². The molecule has 23 heavy (non-hydrogen) atoms. The third-order valence-electron chi connectivity index (χ3n) is 3.72. The van der Waals surface area contributed by atoms with Gasteiger partial charge in [-0.3, -0.25) is 9.67 Å². The normalized spacial score (nSPS) is 11.3. The van der Waals surface area contributed by atoms with Crippen LogP contribution in [-0.2, 0) is 20.1 Å². The van der Waals surface area contributed by atoms with Crippen molar-refractivity contribution < 1.29 is 0 Å². The van der Waals surface area contributed by atoms with Crippen LogP contribution >= 0.6 is 35.3 Å². The molecule has 2 rings (SSSR count). The van der Waals surface area contributed by atoms with E-state index in [0.29, 0.717) is 0 Å². The van der Waals surface area contributed by atoms with E-state index in [1.807, 2.05) is 32.6 Å². The monoisotopic (exact) mass is 448 g/mol. The summed E-state index contributed by atoms with van der Waals surface area (Å²) in [6.07, 6.45) is 0. The van der Waals surface area contributed by atoms with Crippen molar-refractivity contribution in [3.63, 3.8) is 0 Å². The minimum Gasteiger partial charge on any atom is -0.352 e. The van der Waals surface area contributed by atoms with Gasteiger partial charge in [-0.25, -0.2) is 4.98 Å². The largest absolute Gasteiger partial charge is 0.352 e. The Balaban J connectivity index is 0.00000264. The Labute approximate surface area is 159 Å². The molecule has 0 aliphatic heterocycles. The maximum Gasteiger partial charge on any atom is 0.194 e. The number of aliphatic imine (C=N–C) groups is 1. The first-order valence-corrected chi connectivity index (χ1v) is 8.12. The summed E-state index contributed by atoms with van der Waals surface area (Å²) >= 11 is 1.67. The Hall–Kier alpha value is -1.16. The van der Waals surface area contributed by atoms with Crippen LogP contribution in [0.15, 0.2) is 10.4 Å². The van der Waals surface area contributed by atoms with Gasteiger partial charge in [-0.1, -0.05) is 0 Å². The van der Waals surface area contributed by atoms with Crippen molar-refractivity contribution in [1.29, 1.82) is 0 Å². The maximum absolute atomic E-state index is 4.50. The molecule has 2 aromatic rings. The van der Waals surface area contributed by atoms with Crippen molar-refractivity contribution in [3.8, 4) is 0 Å². The lowest BCUT2D eigenvalue weighted by molar-refractivity contribution is 0.470. The summed E-state index contributed by atoms with van der Waals surface area (Å²) in [4.78, 5) is 10.9. The first-order chi connectivity index (χ1) is 10.4. The number of aromatic nitrogens is 3. The first kappa shape index (κ1) is 19.9. The smallest absolute Gasteiger partial charge is 0.194 e. The Morgan fingerprint density at radius 2 is 2.09 bits per heavy atom. The molecule has 0 unspecified atom stereocenters. The van der Waals surface area contributed by atoms with Gasteiger partial charge in [0.15, 0.2) is 5.96 Å². The highest BCUT2D eigenvalue weighted by Crippen LogP contribution is 2.12. The van der Waals surface area contributed by atoms with Crippen molar-refractivity contribution in [2.45, 2.75) is 33.9 Å². The van der Waals surface area contributed by atoms with Crippen LogP contribution in [0.1, 0.15) is 27.7 Å². The zero-order valence-corrected chi connectivity index (χ0v) is 17.7. The molecule has 2 heterocycles. The van der Waals surface area contributed by atoms with Crippen LogP contribution < -0.4 is 5.32 Å². The fraction of sp³-hybridized carbons (Fsp3) is 0.533. The van der Waals surface area contributed by atoms with E-state index in [1.165, 1.54) is 11.3 Å². The summed E-state index contributed by atoms with van der Waals surface area (Å²) in [5.74, 6) is 0.855. The van der Waals surface area contributed by atoms with E-state index < -0.39 is 0 Å². The molecule has 0 amide bonds. The highest BCUT2D eigenvalue weighted by molar-refractivity contribution is 14.0. The standard InChI is InChI=1S/C15H24N6S.HI/c1-10-14(11(2)21(6)19-10)7-17-15(16-4)20(5)8-13-9-22-12(3)18-13;/h9H,7-8H2,1-6H3,(H,16,17);1H. The molecule has 1 N–H and O–H groups in total. The molecule has 2 aromatic heterocycles. The Kier molecular flexibility index (Phi) is 7.46. The van der Waals surface area contributed by atoms with Gasteiger partial charge in [0.1, 0.15) is 0 Å². The van der Waals surface area contributed by atoms with E-state index in [2.05, 4.69) is 37.6 Å². The van der Waals surface area contributed by atoms with Crippen LogP contribution in [0, 0.1) is 20.8 Å². The summed E-state index contributed by atoms with van der Waals surface area (Å²) in [5.41, 5.74) is 4.53. The molecule has 0 saturated carbocycles. The van der Waals surface area contributed by atoms with Gasteiger partial charge in [0.25, 0.3) is 0 Å². The Morgan fingerprint density at radius 3 is 2.57 bits per heavy atom. The molecule has 0 atom stereocenters. The Morgan fingerprint density at radius 1 is 1.39 bits per heavy atom. The van der Waals surface area contributed by atoms with Crippen LogP contribution in [0.25, 0.3) is 0 Å². The lowest BCUT2D eigenvalue weighted by atomic mass is 10.2. The lowest BCUT2D eigenvalue weighted by Gasteiger charge is -2.21. The molecule has 0 saturated heterocycles. The van der Waals surface area contributed by atoms with Crippen LogP contribution in [0.3, 0.4) is 0 Å². The Bertz CT molecular complexity index is 676. The van der Waals surface area contributed by atoms with Gasteiger partial charge < -0.3 is 10.2 Å². The van der Waals surface area contributed by atoms with Gasteiger partial charge in [-0.2, -0.15) is 5.10 Å². The van der Waals surface area contributed by atoms with E-state index in [0.717, 1.165) is 35.4 Å². The second-order valence-electron chi connectivity index (χ2n) is 5.39. The number of hydrogen-bond donors (Lipinski definition) is 1. The third-order valence-corrected chi connectivity index (χ3v) is 4.54. The zero-order valence-electron chi connectivity index (χ0n) is 14.5. The number of hydrogen-bond acceptors (Lipinski definition) is 4. The SMILES string of the molecule is CN=C(NCc1c(C)nn(C)c1C)N(C)Cc1csc(C)n1.I. The van der Waals surface area contributed by atoms with Crippen LogP contribution in [0.5, 0.6) is 0 Å². The number of guanidine groups is 1. The second-order valence-corrected chi connectivity index (χ2v) is 6.45. The number of thiazole rings is 1. The van der Waals surface area contributed by atoms with Crippen molar-refractivity contribution in [2.75, 3.05) is 14.1 Å². The molecule has 0 spiro atoms. The van der Waals surface area contributed by atoms with Crippen LogP contribution in [-0.4, -0.2) is 39.7 Å². The highest BCUT2D eigenvalue weighted by atomic mass is 127. The van der Waals surface area contributed by atoms with E-state index in [9.17, 15) is 0 Å². The van der Waals surface area contributed by atoms with Crippen molar-refractivity contribution in [2.24, 2.45) is 12.0 Å². The predicted octanol–water partition coefficient (Wildman–Crippen LogP) is 2.63. The van der Waals surface area contributed by atoms with Crippen molar-refractivity contribution in [1.82, 2.24) is 25.0 Å². The fourth-order valence-electron chi connectivity index (χ4n) is 2.42. The van der Waals surface area contributed by atoms with Crippen LogP contribution in [0.4, 0.5) is 0 Å². The van der Waals surface area contributed by atoms with Gasteiger partial charge in [-0.05, 0) is 20.8 Å². The summed E-state index contributed by atoms with van der Waals surface area (Å²) in [7, 11) is 5.79. The van der Waals surface area contributed by atoms with Crippen LogP contribution in [0.2, 0.25) is 0 Å². The van der Waals surface area contributed by atoms with E-state index in [-0.39, 0.29) is 24.0 Å². The number of aryl methyl sites for hydroxylation is 3. The second kappa shape index (κ2) is 8.62. The lowest BCUT2D eigenvalue weighted by Crippen LogP contribution is -2.38. The number of nitrogens with one attached hydrogen (secondary N) is 1. The fourth-order valence-corrected chi connectivity index (χ4v) is 3.03. The quantitative estimate of drug-likeness (QED) is 0.444. The van der Waals surface area contributed by atoms with Gasteiger partial charge in [0.2, 0.25) is 0 Å². The van der Waals surface area contributed by atoms with Gasteiger partial charge in [0, 0.05) is 44.3 Å². The number of nitrogens with zero attached hydrogens (tertiary/aromatic N) is 5. The first-order valence-electron chi connectivity index (χ1n) is 7.24. The maximum atomic E-state index is 4.50. The van der Waals surface area contributed by atoms with E-state index in [4.69, 9.17) is 0 Å².